The Labute approximate surface area is 174 Å². The third kappa shape index (κ3) is 10.8. The molecule has 2 amide bonds. The van der Waals surface area contributed by atoms with Crippen LogP contribution < -0.4 is 20.7 Å². The molecule has 0 aromatic heterocycles. The molecule has 0 aliphatic heterocycles. The number of aliphatic carboxylic acids is 1. The number of benzene rings is 1. The zero-order valence-corrected chi connectivity index (χ0v) is 17.3. The van der Waals surface area contributed by atoms with Gasteiger partial charge in [-0.1, -0.05) is 12.1 Å². The Morgan fingerprint density at radius 1 is 1.17 bits per heavy atom. The minimum absolute atomic E-state index is 0.0662. The van der Waals surface area contributed by atoms with E-state index in [1.807, 2.05) is 0 Å². The Balaban J connectivity index is 2.25. The monoisotopic (exact) mass is 421 g/mol. The second-order valence-corrected chi connectivity index (χ2v) is 7.38. The molecule has 0 saturated heterocycles. The molecule has 11 heteroatoms. The van der Waals surface area contributed by atoms with Crippen molar-refractivity contribution in [2.24, 2.45) is 5.11 Å². The lowest BCUT2D eigenvalue weighted by Gasteiger charge is -2.24. The first-order valence-corrected chi connectivity index (χ1v) is 9.38. The molecule has 3 N–H and O–H groups in total. The Kier molecular flexibility index (Phi) is 9.98. The summed E-state index contributed by atoms with van der Waals surface area (Å²) in [6.07, 6.45) is -0.370. The van der Waals surface area contributed by atoms with Gasteiger partial charge < -0.3 is 30.0 Å². The standard InChI is InChI=1S/C19H27N5O6/c1-19(2,3)30-18(28)22-15(16(25)26)6-4-5-11-21-17(27)29-12-13-7-9-14(10-8-13)23-24-20/h7-10,15,20H,4-6,11-12H2,1-3H3,(H2-,21,22,25,26,27,28). The summed E-state index contributed by atoms with van der Waals surface area (Å²) in [5.41, 5.74) is 7.19. The van der Waals surface area contributed by atoms with E-state index in [2.05, 4.69) is 20.7 Å². The first-order chi connectivity index (χ1) is 14.1. The third-order valence-corrected chi connectivity index (χ3v) is 3.64. The van der Waals surface area contributed by atoms with E-state index in [0.717, 1.165) is 5.56 Å². The molecule has 1 unspecified atom stereocenters. The lowest BCUT2D eigenvalue weighted by Crippen LogP contribution is -2.49. The van der Waals surface area contributed by atoms with Gasteiger partial charge in [-0.15, -0.1) is 0 Å². The van der Waals surface area contributed by atoms with Gasteiger partial charge >= 0.3 is 12.2 Å². The molecular formula is C19H27N5O6. The van der Waals surface area contributed by atoms with E-state index in [4.69, 9.17) is 15.0 Å². The number of amides is 2. The summed E-state index contributed by atoms with van der Waals surface area (Å²) in [5, 5.41) is 19.5. The van der Waals surface area contributed by atoms with Crippen molar-refractivity contribution < 1.29 is 29.0 Å². The van der Waals surface area contributed by atoms with Gasteiger partial charge in [0.1, 0.15) is 17.7 Å². The lowest BCUT2D eigenvalue weighted by atomic mass is 10.1. The van der Waals surface area contributed by atoms with Crippen LogP contribution in [0.3, 0.4) is 0 Å². The number of hydrogen-bond acceptors (Lipinski definition) is 8. The fourth-order valence-corrected chi connectivity index (χ4v) is 2.28. The Bertz CT molecular complexity index is 769. The SMILES string of the molecule is CC(C)(C)OC(=O)NC(CCCCNC(=O)OCc1ccc(N=[N+]=N)cc1)C(=O)[O-]. The fraction of sp³-hybridized carbons (Fsp3) is 0.526. The van der Waals surface area contributed by atoms with Crippen molar-refractivity contribution in [1.82, 2.24) is 15.5 Å². The van der Waals surface area contributed by atoms with Crippen molar-refractivity contribution in [2.45, 2.75) is 58.3 Å². The predicted molar refractivity (Wildman–Crippen MR) is 104 cm³/mol. The van der Waals surface area contributed by atoms with Crippen molar-refractivity contribution in [3.8, 4) is 0 Å². The van der Waals surface area contributed by atoms with Crippen LogP contribution in [-0.4, -0.2) is 36.3 Å². The highest BCUT2D eigenvalue weighted by atomic mass is 16.6. The lowest BCUT2D eigenvalue weighted by molar-refractivity contribution is -0.308. The number of alkyl carbamates (subject to hydrolysis) is 2. The molecule has 0 aliphatic rings. The van der Waals surface area contributed by atoms with E-state index in [9.17, 15) is 19.5 Å². The molecule has 1 rings (SSSR count). The second-order valence-electron chi connectivity index (χ2n) is 7.38. The number of carboxylic acids is 1. The molecule has 164 valence electrons. The van der Waals surface area contributed by atoms with Gasteiger partial charge in [0.15, 0.2) is 10.8 Å². The Morgan fingerprint density at radius 3 is 2.40 bits per heavy atom. The fourth-order valence-electron chi connectivity index (χ4n) is 2.28. The number of hydrogen-bond donors (Lipinski definition) is 3. The summed E-state index contributed by atoms with van der Waals surface area (Å²) in [7, 11) is 0. The summed E-state index contributed by atoms with van der Waals surface area (Å²) >= 11 is 0. The van der Waals surface area contributed by atoms with Crippen LogP contribution in [0.5, 0.6) is 0 Å². The largest absolute Gasteiger partial charge is 0.548 e. The quantitative estimate of drug-likeness (QED) is 0.296. The molecule has 1 aromatic carbocycles. The van der Waals surface area contributed by atoms with E-state index in [1.165, 1.54) is 0 Å². The highest BCUT2D eigenvalue weighted by Gasteiger charge is 2.20. The molecular weight excluding hydrogens is 394 g/mol. The zero-order valence-electron chi connectivity index (χ0n) is 17.3. The summed E-state index contributed by atoms with van der Waals surface area (Å²) in [6.45, 7) is 5.37. The van der Waals surface area contributed by atoms with Gasteiger partial charge in [0.2, 0.25) is 4.91 Å². The van der Waals surface area contributed by atoms with Crippen molar-refractivity contribution in [1.29, 1.82) is 5.53 Å². The first-order valence-electron chi connectivity index (χ1n) is 9.38. The van der Waals surface area contributed by atoms with Gasteiger partial charge in [-0.05, 0) is 57.7 Å². The maximum atomic E-state index is 11.7. The Hall–Kier alpha value is -3.46. The molecule has 0 saturated carbocycles. The van der Waals surface area contributed by atoms with Crippen molar-refractivity contribution in [3.63, 3.8) is 0 Å². The van der Waals surface area contributed by atoms with Gasteiger partial charge in [-0.25, -0.2) is 9.59 Å². The molecule has 1 atom stereocenters. The van der Waals surface area contributed by atoms with Gasteiger partial charge in [0, 0.05) is 6.54 Å². The highest BCUT2D eigenvalue weighted by molar-refractivity contribution is 5.78. The van der Waals surface area contributed by atoms with Gasteiger partial charge in [0.25, 0.3) is 0 Å². The first kappa shape index (κ1) is 24.6. The zero-order chi connectivity index (χ0) is 22.6. The van der Waals surface area contributed by atoms with Gasteiger partial charge in [0.05, 0.1) is 12.0 Å². The smallest absolute Gasteiger partial charge is 0.408 e. The molecule has 0 spiro atoms. The summed E-state index contributed by atoms with van der Waals surface area (Å²) < 4.78 is 10.1. The third-order valence-electron chi connectivity index (χ3n) is 3.64. The number of nitrogens with one attached hydrogen (secondary N) is 3. The Morgan fingerprint density at radius 2 is 1.83 bits per heavy atom. The van der Waals surface area contributed by atoms with Crippen LogP contribution in [-0.2, 0) is 20.9 Å². The molecule has 0 fully saturated rings. The molecule has 11 nitrogen and oxygen atoms in total. The molecule has 0 radical (unpaired) electrons. The average Bonchev–Trinajstić information content (AvgIpc) is 2.65. The van der Waals surface area contributed by atoms with Crippen LogP contribution in [0.25, 0.3) is 0 Å². The second kappa shape index (κ2) is 12.2. The maximum Gasteiger partial charge on any atom is 0.408 e. The average molecular weight is 421 g/mol. The summed E-state index contributed by atoms with van der Waals surface area (Å²) in [4.78, 5) is 37.5. The van der Waals surface area contributed by atoms with E-state index in [0.29, 0.717) is 18.5 Å². The number of rotatable bonds is 10. The van der Waals surface area contributed by atoms with Crippen LogP contribution >= 0.6 is 0 Å². The molecule has 0 aliphatic carbocycles. The van der Waals surface area contributed by atoms with Crippen LogP contribution in [0.2, 0.25) is 0 Å². The van der Waals surface area contributed by atoms with Crippen LogP contribution in [0, 0.1) is 5.53 Å². The van der Waals surface area contributed by atoms with E-state index in [1.54, 1.807) is 45.0 Å². The van der Waals surface area contributed by atoms with E-state index in [-0.39, 0.29) is 19.6 Å². The maximum absolute atomic E-state index is 11.7. The highest BCUT2D eigenvalue weighted by Crippen LogP contribution is 2.12. The van der Waals surface area contributed by atoms with Crippen LogP contribution in [0.15, 0.2) is 29.4 Å². The van der Waals surface area contributed by atoms with E-state index >= 15 is 0 Å². The van der Waals surface area contributed by atoms with Gasteiger partial charge in [-0.2, -0.15) is 0 Å². The van der Waals surface area contributed by atoms with E-state index < -0.39 is 29.8 Å². The van der Waals surface area contributed by atoms with Crippen molar-refractivity contribution in [3.05, 3.63) is 29.8 Å². The minimum atomic E-state index is -1.40. The van der Waals surface area contributed by atoms with Crippen molar-refractivity contribution >= 4 is 23.8 Å². The number of ether oxygens (including phenoxy) is 2. The minimum Gasteiger partial charge on any atom is -0.548 e. The molecule has 0 heterocycles. The van der Waals surface area contributed by atoms with Gasteiger partial charge in [-0.3, -0.25) is 0 Å². The van der Waals surface area contributed by atoms with Crippen molar-refractivity contribution in [2.75, 3.05) is 6.54 Å². The number of carbonyl (C=O) groups excluding carboxylic acids is 3. The predicted octanol–water partition coefficient (Wildman–Crippen LogP) is 1.91. The van der Waals surface area contributed by atoms with Crippen LogP contribution in [0.1, 0.15) is 45.6 Å². The number of unbranched alkanes of at least 4 members (excludes halogenated alkanes) is 1. The molecule has 0 bridgehead atoms. The number of carboxylic acid groups (broad SMARTS) is 1. The number of carbonyl (C=O) groups is 3. The summed E-state index contributed by atoms with van der Waals surface area (Å²) in [6, 6.07) is 5.52. The van der Waals surface area contributed by atoms with Crippen LogP contribution in [0.4, 0.5) is 15.3 Å². The molecule has 1 aromatic rings. The molecule has 30 heavy (non-hydrogen) atoms. The number of nitrogens with zero attached hydrogens (tertiary/aromatic N) is 2. The summed E-state index contributed by atoms with van der Waals surface area (Å²) in [5.74, 6) is -1.40. The topological polar surface area (TPSA) is 167 Å². The normalized spacial score (nSPS) is 11.6.